The van der Waals surface area contributed by atoms with Gasteiger partial charge in [0.15, 0.2) is 0 Å². The van der Waals surface area contributed by atoms with Crippen molar-refractivity contribution in [1.29, 1.82) is 0 Å². The molecule has 0 spiro atoms. The lowest BCUT2D eigenvalue weighted by molar-refractivity contribution is -0.254. The van der Waals surface area contributed by atoms with Crippen LogP contribution in [0.4, 0.5) is 11.4 Å². The van der Waals surface area contributed by atoms with Gasteiger partial charge in [-0.25, -0.2) is 0 Å². The molecule has 0 aliphatic carbocycles. The maximum atomic E-state index is 11.3. The molecule has 3 aromatic rings. The molecule has 3 N–H and O–H groups in total. The van der Waals surface area contributed by atoms with Crippen molar-refractivity contribution in [1.82, 2.24) is 0 Å². The van der Waals surface area contributed by atoms with Crippen LogP contribution < -0.4 is 20.9 Å². The van der Waals surface area contributed by atoms with Crippen LogP contribution >= 0.6 is 23.2 Å². The number of anilines is 2. The summed E-state index contributed by atoms with van der Waals surface area (Å²) in [5.74, 6) is -1.48. The fraction of sp³-hybridized carbons (Fsp3) is 0.0476. The zero-order chi connectivity index (χ0) is 21.0. The van der Waals surface area contributed by atoms with Crippen LogP contribution in [-0.4, -0.2) is 11.9 Å². The Morgan fingerprint density at radius 2 is 1.69 bits per heavy atom. The molecule has 3 aromatic carbocycles. The average Bonchev–Trinajstić information content (AvgIpc) is 2.71. The van der Waals surface area contributed by atoms with Crippen LogP contribution in [-0.2, 0) is 6.61 Å². The summed E-state index contributed by atoms with van der Waals surface area (Å²) in [6.45, 7) is 0.190. The van der Waals surface area contributed by atoms with Gasteiger partial charge in [0.2, 0.25) is 5.91 Å². The Morgan fingerprint density at radius 3 is 2.34 bits per heavy atom. The number of nitrogens with one attached hydrogen (secondary N) is 1. The number of amides is 1. The highest BCUT2D eigenvalue weighted by atomic mass is 35.5. The molecule has 0 atom stereocenters. The molecule has 0 saturated carbocycles. The number of carbonyl (C=O) groups excluding carboxylic acids is 2. The first-order chi connectivity index (χ1) is 13.9. The quantitative estimate of drug-likeness (QED) is 0.594. The second kappa shape index (κ2) is 8.86. The van der Waals surface area contributed by atoms with E-state index in [1.54, 1.807) is 54.6 Å². The second-order valence-corrected chi connectivity index (χ2v) is 6.83. The number of benzene rings is 3. The molecule has 0 heterocycles. The number of halogens is 2. The molecule has 1 amide bonds. The standard InChI is InChI=1S/C21H16Cl2N2O4/c22-15-9-10-17(29-11-12-5-7-13(8-6-12)20(24)26)18(23)19(15)25-16-4-2-1-3-14(16)21(27)28/h1-10,25H,11H2,(H2,24,26)(H,27,28)/p-1. The highest BCUT2D eigenvalue weighted by Crippen LogP contribution is 2.40. The number of aromatic carboxylic acids is 1. The summed E-state index contributed by atoms with van der Waals surface area (Å²) in [6, 6.07) is 16.1. The zero-order valence-electron chi connectivity index (χ0n) is 14.9. The van der Waals surface area contributed by atoms with Crippen LogP contribution in [0.2, 0.25) is 10.0 Å². The lowest BCUT2D eigenvalue weighted by atomic mass is 10.1. The molecule has 6 nitrogen and oxygen atoms in total. The largest absolute Gasteiger partial charge is 0.545 e. The lowest BCUT2D eigenvalue weighted by Crippen LogP contribution is -2.23. The number of rotatable bonds is 7. The Hall–Kier alpha value is -3.22. The van der Waals surface area contributed by atoms with Crippen LogP contribution in [0.3, 0.4) is 0 Å². The van der Waals surface area contributed by atoms with Crippen molar-refractivity contribution in [3.8, 4) is 5.75 Å². The number of nitrogens with two attached hydrogens (primary N) is 1. The Balaban J connectivity index is 1.82. The van der Waals surface area contributed by atoms with Gasteiger partial charge in [-0.05, 0) is 35.9 Å². The molecule has 0 aliphatic rings. The minimum atomic E-state index is -1.33. The number of hydrogen-bond acceptors (Lipinski definition) is 5. The number of hydrogen-bond donors (Lipinski definition) is 2. The zero-order valence-corrected chi connectivity index (χ0v) is 16.5. The van der Waals surface area contributed by atoms with Crippen molar-refractivity contribution in [2.45, 2.75) is 6.61 Å². The van der Waals surface area contributed by atoms with Gasteiger partial charge >= 0.3 is 0 Å². The molecule has 148 valence electrons. The normalized spacial score (nSPS) is 10.4. The van der Waals surface area contributed by atoms with Crippen molar-refractivity contribution in [2.24, 2.45) is 5.73 Å². The molecule has 3 rings (SSSR count). The molecule has 0 unspecified atom stereocenters. The second-order valence-electron chi connectivity index (χ2n) is 6.04. The van der Waals surface area contributed by atoms with Gasteiger partial charge in [0.1, 0.15) is 17.4 Å². The molecule has 8 heteroatoms. The summed E-state index contributed by atoms with van der Waals surface area (Å²) >= 11 is 12.7. The predicted molar refractivity (Wildman–Crippen MR) is 110 cm³/mol. The van der Waals surface area contributed by atoms with Crippen LogP contribution in [0, 0.1) is 0 Å². The topological polar surface area (TPSA) is 104 Å². The number of carbonyl (C=O) groups is 2. The third-order valence-corrected chi connectivity index (χ3v) is 4.79. The van der Waals surface area contributed by atoms with E-state index < -0.39 is 11.9 Å². The number of para-hydroxylation sites is 1. The predicted octanol–water partition coefficient (Wildman–Crippen LogP) is 3.78. The van der Waals surface area contributed by atoms with Gasteiger partial charge in [-0.1, -0.05) is 53.5 Å². The summed E-state index contributed by atoms with van der Waals surface area (Å²) in [6.07, 6.45) is 0. The van der Waals surface area contributed by atoms with Crippen LogP contribution in [0.5, 0.6) is 5.75 Å². The summed E-state index contributed by atoms with van der Waals surface area (Å²) in [7, 11) is 0. The van der Waals surface area contributed by atoms with Gasteiger partial charge in [-0.15, -0.1) is 0 Å². The molecule has 0 radical (unpaired) electrons. The van der Waals surface area contributed by atoms with E-state index in [0.717, 1.165) is 5.56 Å². The van der Waals surface area contributed by atoms with E-state index in [1.165, 1.54) is 6.07 Å². The maximum Gasteiger partial charge on any atom is 0.248 e. The van der Waals surface area contributed by atoms with Crippen molar-refractivity contribution < 1.29 is 19.4 Å². The van der Waals surface area contributed by atoms with Crippen molar-refractivity contribution in [3.63, 3.8) is 0 Å². The average molecular weight is 430 g/mol. The Kier molecular flexibility index (Phi) is 6.26. The van der Waals surface area contributed by atoms with E-state index in [-0.39, 0.29) is 22.9 Å². The van der Waals surface area contributed by atoms with Crippen LogP contribution in [0.25, 0.3) is 0 Å². The van der Waals surface area contributed by atoms with Gasteiger partial charge in [0.05, 0.1) is 16.7 Å². The summed E-state index contributed by atoms with van der Waals surface area (Å²) in [5.41, 5.74) is 7.00. The molecule has 0 aromatic heterocycles. The first-order valence-corrected chi connectivity index (χ1v) is 9.19. The molecule has 0 bridgehead atoms. The molecule has 0 aliphatic heterocycles. The van der Waals surface area contributed by atoms with E-state index in [0.29, 0.717) is 22.0 Å². The van der Waals surface area contributed by atoms with Crippen molar-refractivity contribution in [3.05, 3.63) is 87.4 Å². The minimum absolute atomic E-state index is 0.0273. The van der Waals surface area contributed by atoms with Gasteiger partial charge in [-0.2, -0.15) is 0 Å². The molecule has 0 saturated heterocycles. The molecule has 0 fully saturated rings. The third-order valence-electron chi connectivity index (χ3n) is 4.10. The van der Waals surface area contributed by atoms with Gasteiger partial charge in [0.25, 0.3) is 0 Å². The smallest absolute Gasteiger partial charge is 0.248 e. The highest BCUT2D eigenvalue weighted by molar-refractivity contribution is 6.40. The first-order valence-electron chi connectivity index (χ1n) is 8.43. The van der Waals surface area contributed by atoms with E-state index in [2.05, 4.69) is 5.32 Å². The van der Waals surface area contributed by atoms with E-state index >= 15 is 0 Å². The summed E-state index contributed by atoms with van der Waals surface area (Å²) in [4.78, 5) is 22.4. The van der Waals surface area contributed by atoms with Gasteiger partial charge in [0, 0.05) is 16.8 Å². The van der Waals surface area contributed by atoms with Gasteiger partial charge < -0.3 is 25.7 Å². The Morgan fingerprint density at radius 1 is 1.00 bits per heavy atom. The Bertz CT molecular complexity index is 1070. The van der Waals surface area contributed by atoms with E-state index in [4.69, 9.17) is 33.7 Å². The summed E-state index contributed by atoms with van der Waals surface area (Å²) < 4.78 is 5.76. The molecule has 29 heavy (non-hydrogen) atoms. The third kappa shape index (κ3) is 4.80. The Labute approximate surface area is 176 Å². The SMILES string of the molecule is NC(=O)c1ccc(COc2ccc(Cl)c(Nc3ccccc3C(=O)[O-])c2Cl)cc1. The van der Waals surface area contributed by atoms with Crippen molar-refractivity contribution >= 4 is 46.5 Å². The van der Waals surface area contributed by atoms with Crippen LogP contribution in [0.1, 0.15) is 26.3 Å². The number of carboxylic acid groups (broad SMARTS) is 1. The number of primary amides is 1. The van der Waals surface area contributed by atoms with Gasteiger partial charge in [-0.3, -0.25) is 4.79 Å². The summed E-state index contributed by atoms with van der Waals surface area (Å²) in [5, 5.41) is 14.7. The fourth-order valence-corrected chi connectivity index (χ4v) is 3.11. The van der Waals surface area contributed by atoms with E-state index in [1.807, 2.05) is 0 Å². The lowest BCUT2D eigenvalue weighted by Gasteiger charge is -2.17. The van der Waals surface area contributed by atoms with E-state index in [9.17, 15) is 14.7 Å². The van der Waals surface area contributed by atoms with Crippen molar-refractivity contribution in [2.75, 3.05) is 5.32 Å². The highest BCUT2D eigenvalue weighted by Gasteiger charge is 2.14. The first kappa shape index (κ1) is 20.5. The minimum Gasteiger partial charge on any atom is -0.545 e. The molecular formula is C21H15Cl2N2O4-. The number of carboxylic acids is 1. The monoisotopic (exact) mass is 429 g/mol. The fourth-order valence-electron chi connectivity index (χ4n) is 2.59. The molecular weight excluding hydrogens is 415 g/mol. The maximum absolute atomic E-state index is 11.3. The number of ether oxygens (including phenoxy) is 1. The van der Waals surface area contributed by atoms with Crippen LogP contribution in [0.15, 0.2) is 60.7 Å².